The van der Waals surface area contributed by atoms with Crippen LogP contribution in [0.4, 0.5) is 8.78 Å². The molecule has 2 bridgehead atoms. The number of rotatable bonds is 1. The molecule has 1 N–H and O–H groups in total. The molecule has 3 saturated carbocycles. The molecule has 3 rings (SSSR count). The standard InChI is InChI=1S/C9H12F2O2/c10-9(11)5-8(7(12)13)3-1-6(9)2-4-8/h6H,1-5H2,(H,12,13). The third-order valence-electron chi connectivity index (χ3n) is 3.57. The molecule has 2 nitrogen and oxygen atoms in total. The quantitative estimate of drug-likeness (QED) is 0.688. The zero-order valence-corrected chi connectivity index (χ0v) is 7.22. The second-order valence-corrected chi connectivity index (χ2v) is 4.30. The summed E-state index contributed by atoms with van der Waals surface area (Å²) in [7, 11) is 0. The maximum Gasteiger partial charge on any atom is 0.309 e. The summed E-state index contributed by atoms with van der Waals surface area (Å²) >= 11 is 0. The van der Waals surface area contributed by atoms with Gasteiger partial charge in [0.25, 0.3) is 5.92 Å². The molecule has 0 atom stereocenters. The Hall–Kier alpha value is -0.670. The van der Waals surface area contributed by atoms with E-state index in [-0.39, 0.29) is 0 Å². The van der Waals surface area contributed by atoms with E-state index in [0.29, 0.717) is 25.7 Å². The summed E-state index contributed by atoms with van der Waals surface area (Å²) in [6.07, 6.45) is 1.17. The number of carboxylic acid groups (broad SMARTS) is 1. The third-order valence-corrected chi connectivity index (χ3v) is 3.57. The van der Waals surface area contributed by atoms with Crippen LogP contribution in [0.1, 0.15) is 32.1 Å². The summed E-state index contributed by atoms with van der Waals surface area (Å²) < 4.78 is 26.5. The van der Waals surface area contributed by atoms with E-state index in [0.717, 1.165) is 0 Å². The van der Waals surface area contributed by atoms with Gasteiger partial charge >= 0.3 is 5.97 Å². The molecule has 0 aromatic rings. The monoisotopic (exact) mass is 190 g/mol. The van der Waals surface area contributed by atoms with Crippen LogP contribution in [0.2, 0.25) is 0 Å². The number of carboxylic acids is 1. The lowest BCUT2D eigenvalue weighted by molar-refractivity contribution is -0.189. The van der Waals surface area contributed by atoms with E-state index in [1.54, 1.807) is 0 Å². The van der Waals surface area contributed by atoms with Gasteiger partial charge in [0, 0.05) is 12.3 Å². The highest BCUT2D eigenvalue weighted by Crippen LogP contribution is 2.57. The Labute approximate surface area is 74.9 Å². The lowest BCUT2D eigenvalue weighted by atomic mass is 9.59. The molecule has 3 fully saturated rings. The van der Waals surface area contributed by atoms with Crippen molar-refractivity contribution >= 4 is 5.97 Å². The Morgan fingerprint density at radius 3 is 2.15 bits per heavy atom. The van der Waals surface area contributed by atoms with Crippen LogP contribution in [-0.2, 0) is 4.79 Å². The first kappa shape index (κ1) is 8.91. The highest BCUT2D eigenvalue weighted by molar-refractivity contribution is 5.75. The molecule has 74 valence electrons. The van der Waals surface area contributed by atoms with Gasteiger partial charge in [-0.2, -0.15) is 0 Å². The summed E-state index contributed by atoms with van der Waals surface area (Å²) in [6, 6.07) is 0. The predicted octanol–water partition coefficient (Wildman–Crippen LogP) is 2.29. The fourth-order valence-corrected chi connectivity index (χ4v) is 2.65. The van der Waals surface area contributed by atoms with Crippen LogP contribution in [0.25, 0.3) is 0 Å². The first-order valence-electron chi connectivity index (χ1n) is 4.58. The van der Waals surface area contributed by atoms with Crippen molar-refractivity contribution in [3.05, 3.63) is 0 Å². The molecule has 3 aliphatic carbocycles. The Kier molecular flexibility index (Phi) is 1.66. The molecule has 0 aliphatic heterocycles. The molecule has 0 aromatic carbocycles. The summed E-state index contributed by atoms with van der Waals surface area (Å²) in [6.45, 7) is 0. The van der Waals surface area contributed by atoms with Crippen molar-refractivity contribution in [3.8, 4) is 0 Å². The first-order valence-corrected chi connectivity index (χ1v) is 4.58. The minimum atomic E-state index is -2.74. The molecule has 0 amide bonds. The largest absolute Gasteiger partial charge is 0.481 e. The average molecular weight is 190 g/mol. The zero-order chi connectivity index (χ0) is 9.69. The Morgan fingerprint density at radius 1 is 1.31 bits per heavy atom. The highest BCUT2D eigenvalue weighted by Gasteiger charge is 2.59. The van der Waals surface area contributed by atoms with Gasteiger partial charge in [-0.25, -0.2) is 8.78 Å². The van der Waals surface area contributed by atoms with Gasteiger partial charge in [-0.3, -0.25) is 4.79 Å². The minimum Gasteiger partial charge on any atom is -0.481 e. The highest BCUT2D eigenvalue weighted by atomic mass is 19.3. The lowest BCUT2D eigenvalue weighted by Gasteiger charge is -2.47. The van der Waals surface area contributed by atoms with Crippen molar-refractivity contribution in [1.29, 1.82) is 0 Å². The topological polar surface area (TPSA) is 37.3 Å². The van der Waals surface area contributed by atoms with E-state index in [9.17, 15) is 13.6 Å². The van der Waals surface area contributed by atoms with Crippen LogP contribution in [0, 0.1) is 11.3 Å². The summed E-state index contributed by atoms with van der Waals surface area (Å²) in [5.41, 5.74) is -1.11. The number of alkyl halides is 2. The van der Waals surface area contributed by atoms with E-state index in [2.05, 4.69) is 0 Å². The second-order valence-electron chi connectivity index (χ2n) is 4.30. The normalized spacial score (nSPS) is 41.8. The van der Waals surface area contributed by atoms with E-state index in [1.165, 1.54) is 0 Å². The molecular weight excluding hydrogens is 178 g/mol. The van der Waals surface area contributed by atoms with Crippen molar-refractivity contribution < 1.29 is 18.7 Å². The number of fused-ring (bicyclic) bond motifs is 3. The second kappa shape index (κ2) is 2.42. The number of hydrogen-bond donors (Lipinski definition) is 1. The smallest absolute Gasteiger partial charge is 0.309 e. The van der Waals surface area contributed by atoms with E-state index >= 15 is 0 Å². The Bertz CT molecular complexity index is 242. The molecule has 0 aromatic heterocycles. The Morgan fingerprint density at radius 2 is 1.85 bits per heavy atom. The third kappa shape index (κ3) is 1.15. The first-order chi connectivity index (χ1) is 5.96. The predicted molar refractivity (Wildman–Crippen MR) is 41.6 cm³/mol. The number of aliphatic carboxylic acids is 1. The number of carbonyl (C=O) groups is 1. The van der Waals surface area contributed by atoms with Crippen molar-refractivity contribution in [3.63, 3.8) is 0 Å². The van der Waals surface area contributed by atoms with E-state index in [4.69, 9.17) is 5.11 Å². The molecule has 0 saturated heterocycles. The van der Waals surface area contributed by atoms with Gasteiger partial charge in [-0.15, -0.1) is 0 Å². The van der Waals surface area contributed by atoms with Crippen LogP contribution in [0.3, 0.4) is 0 Å². The van der Waals surface area contributed by atoms with Crippen LogP contribution in [0.15, 0.2) is 0 Å². The minimum absolute atomic E-state index is 0.374. The lowest BCUT2D eigenvalue weighted by Crippen LogP contribution is -2.50. The van der Waals surface area contributed by atoms with E-state index < -0.39 is 29.6 Å². The number of halogens is 2. The molecule has 13 heavy (non-hydrogen) atoms. The van der Waals surface area contributed by atoms with Gasteiger partial charge in [-0.05, 0) is 25.7 Å². The van der Waals surface area contributed by atoms with Crippen LogP contribution < -0.4 is 0 Å². The fraction of sp³-hybridized carbons (Fsp3) is 0.889. The molecular formula is C9H12F2O2. The van der Waals surface area contributed by atoms with Gasteiger partial charge in [-0.1, -0.05) is 0 Å². The van der Waals surface area contributed by atoms with E-state index in [1.807, 2.05) is 0 Å². The molecule has 0 radical (unpaired) electrons. The maximum atomic E-state index is 13.2. The molecule has 3 aliphatic rings. The fourth-order valence-electron chi connectivity index (χ4n) is 2.65. The van der Waals surface area contributed by atoms with Gasteiger partial charge in [0.05, 0.1) is 5.41 Å². The van der Waals surface area contributed by atoms with Crippen molar-refractivity contribution in [2.75, 3.05) is 0 Å². The van der Waals surface area contributed by atoms with Crippen molar-refractivity contribution in [1.82, 2.24) is 0 Å². The van der Waals surface area contributed by atoms with Gasteiger partial charge in [0.15, 0.2) is 0 Å². The summed E-state index contributed by atoms with van der Waals surface area (Å²) in [5, 5.41) is 8.91. The SMILES string of the molecule is O=C(O)C12CCC(CC1)C(F)(F)C2. The summed E-state index contributed by atoms with van der Waals surface area (Å²) in [4.78, 5) is 10.9. The average Bonchev–Trinajstić information content (AvgIpc) is 2.03. The maximum absolute atomic E-state index is 13.2. The molecule has 4 heteroatoms. The van der Waals surface area contributed by atoms with Crippen LogP contribution in [-0.4, -0.2) is 17.0 Å². The van der Waals surface area contributed by atoms with Crippen molar-refractivity contribution in [2.45, 2.75) is 38.0 Å². The number of hydrogen-bond acceptors (Lipinski definition) is 1. The summed E-state index contributed by atoms with van der Waals surface area (Å²) in [5.74, 6) is -4.34. The van der Waals surface area contributed by atoms with Gasteiger partial charge in [0.2, 0.25) is 0 Å². The van der Waals surface area contributed by atoms with Gasteiger partial charge < -0.3 is 5.11 Å². The molecule has 0 spiro atoms. The molecule has 0 heterocycles. The van der Waals surface area contributed by atoms with Crippen LogP contribution in [0.5, 0.6) is 0 Å². The molecule has 0 unspecified atom stereocenters. The van der Waals surface area contributed by atoms with Crippen molar-refractivity contribution in [2.24, 2.45) is 11.3 Å². The zero-order valence-electron chi connectivity index (χ0n) is 7.22. The van der Waals surface area contributed by atoms with Crippen LogP contribution >= 0.6 is 0 Å². The Balaban J connectivity index is 2.28. The van der Waals surface area contributed by atoms with Gasteiger partial charge in [0.1, 0.15) is 0 Å².